The van der Waals surface area contributed by atoms with Crippen LogP contribution >= 0.6 is 32.3 Å². The number of guanidine groups is 1. The van der Waals surface area contributed by atoms with Crippen LogP contribution < -0.4 is 11.5 Å². The third kappa shape index (κ3) is 6.58. The van der Waals surface area contributed by atoms with Crippen molar-refractivity contribution in [3.05, 3.63) is 0 Å². The van der Waals surface area contributed by atoms with Gasteiger partial charge >= 0.3 is 0 Å². The van der Waals surface area contributed by atoms with E-state index in [9.17, 15) is 0 Å². The molecule has 0 aliphatic rings. The Morgan fingerprint density at radius 1 is 1.36 bits per heavy atom. The molecule has 0 aromatic carbocycles. The molecule has 0 spiro atoms. The Hall–Kier alpha value is 0.190. The van der Waals surface area contributed by atoms with Gasteiger partial charge in [-0.1, -0.05) is 0 Å². The number of nitrogens with zero attached hydrogens (tertiary/aromatic N) is 2. The molecule has 0 rings (SSSR count). The normalized spacial score (nSPS) is 11.7. The lowest BCUT2D eigenvalue weighted by Crippen LogP contribution is -2.21. The molecule has 0 heterocycles. The van der Waals surface area contributed by atoms with Crippen molar-refractivity contribution in [2.24, 2.45) is 16.5 Å². The summed E-state index contributed by atoms with van der Waals surface area (Å²) in [4.78, 5) is 4.03. The van der Waals surface area contributed by atoms with Gasteiger partial charge in [0.1, 0.15) is 0 Å². The summed E-state index contributed by atoms with van der Waals surface area (Å²) in [6, 6.07) is 0. The van der Waals surface area contributed by atoms with Crippen LogP contribution in [0.1, 0.15) is 12.8 Å². The summed E-state index contributed by atoms with van der Waals surface area (Å²) in [6.45, 7) is 1.43. The molecule has 0 atom stereocenters. The first-order valence-electron chi connectivity index (χ1n) is 3.30. The first kappa shape index (κ1) is 11.2. The fourth-order valence-electron chi connectivity index (χ4n) is 0.503. The molecule has 0 unspecified atom stereocenters. The molecule has 0 aliphatic heterocycles. The fourth-order valence-corrected chi connectivity index (χ4v) is 0.727. The molecular weight excluding hydrogens is 276 g/mol. The van der Waals surface area contributed by atoms with Crippen LogP contribution in [0.15, 0.2) is 4.99 Å². The van der Waals surface area contributed by atoms with Gasteiger partial charge in [0.25, 0.3) is 0 Å². The Morgan fingerprint density at radius 2 is 2.00 bits per heavy atom. The summed E-state index contributed by atoms with van der Waals surface area (Å²) < 4.78 is 1.42. The van der Waals surface area contributed by atoms with Gasteiger partial charge in [-0.3, -0.25) is 4.99 Å². The summed E-state index contributed by atoms with van der Waals surface area (Å²) >= 11 is 6.16. The Kier molecular flexibility index (Phi) is 6.99. The highest BCUT2D eigenvalue weighted by Gasteiger charge is 1.95. The fraction of sp³-hybridized carbons (Fsp3) is 0.800. The first-order valence-corrected chi connectivity index (χ1v) is 4.72. The average Bonchev–Trinajstić information content (AvgIpc) is 1.97. The van der Waals surface area contributed by atoms with E-state index < -0.39 is 0 Å². The van der Waals surface area contributed by atoms with E-state index in [4.69, 9.17) is 11.5 Å². The molecule has 0 fully saturated rings. The van der Waals surface area contributed by atoms with Crippen LogP contribution in [0, 0.1) is 0 Å². The van der Waals surface area contributed by atoms with Gasteiger partial charge < -0.3 is 11.5 Å². The van der Waals surface area contributed by atoms with Gasteiger partial charge in [-0.05, 0) is 19.4 Å². The molecule has 4 nitrogen and oxygen atoms in total. The van der Waals surface area contributed by atoms with Crippen molar-refractivity contribution in [3.8, 4) is 0 Å². The van der Waals surface area contributed by atoms with Gasteiger partial charge in [-0.2, -0.15) is 0 Å². The molecule has 0 saturated carbocycles. The van der Waals surface area contributed by atoms with Crippen molar-refractivity contribution in [3.63, 3.8) is 0 Å². The highest BCUT2D eigenvalue weighted by atomic mass is 79.9. The van der Waals surface area contributed by atoms with Crippen LogP contribution in [0.25, 0.3) is 0 Å². The van der Waals surface area contributed by atoms with Crippen LogP contribution in [-0.2, 0) is 0 Å². The minimum absolute atomic E-state index is 0.419. The van der Waals surface area contributed by atoms with Crippen LogP contribution in [-0.4, -0.2) is 22.0 Å². The van der Waals surface area contributed by atoms with Crippen molar-refractivity contribution in [2.45, 2.75) is 12.8 Å². The number of nitrogens with two attached hydrogens (primary N) is 2. The van der Waals surface area contributed by atoms with E-state index in [2.05, 4.69) is 37.3 Å². The second kappa shape index (κ2) is 6.87. The quantitative estimate of drug-likeness (QED) is 0.350. The predicted molar refractivity (Wildman–Crippen MR) is 54.5 cm³/mol. The van der Waals surface area contributed by atoms with Gasteiger partial charge in [-0.25, -0.2) is 2.95 Å². The van der Waals surface area contributed by atoms with E-state index in [1.54, 1.807) is 0 Å². The standard InChI is InChI=1S/C5H12Br2N4/c6-11(7)5(9)10-4-2-1-3-8/h1-4,8H2,(H2,9,10). The zero-order chi connectivity index (χ0) is 8.69. The van der Waals surface area contributed by atoms with Gasteiger partial charge in [0.15, 0.2) is 0 Å². The molecule has 0 aliphatic carbocycles. The number of hydrogen-bond donors (Lipinski definition) is 2. The number of aliphatic imine (C=N–C) groups is 1. The molecule has 11 heavy (non-hydrogen) atoms. The Balaban J connectivity index is 3.40. The largest absolute Gasteiger partial charge is 0.368 e. The zero-order valence-corrected chi connectivity index (χ0v) is 9.31. The highest BCUT2D eigenvalue weighted by Crippen LogP contribution is 2.03. The molecule has 0 aromatic rings. The number of rotatable bonds is 4. The predicted octanol–water partition coefficient (Wildman–Crippen LogP) is 0.962. The van der Waals surface area contributed by atoms with E-state index >= 15 is 0 Å². The topological polar surface area (TPSA) is 67.6 Å². The van der Waals surface area contributed by atoms with Gasteiger partial charge in [0, 0.05) is 6.54 Å². The van der Waals surface area contributed by atoms with Gasteiger partial charge in [-0.15, -0.1) is 0 Å². The summed E-state index contributed by atoms with van der Waals surface area (Å²) in [7, 11) is 0. The molecule has 6 heteroatoms. The second-order valence-electron chi connectivity index (χ2n) is 1.97. The smallest absolute Gasteiger partial charge is 0.212 e. The minimum atomic E-state index is 0.419. The highest BCUT2D eigenvalue weighted by molar-refractivity contribution is 9.21. The summed E-state index contributed by atoms with van der Waals surface area (Å²) in [5.41, 5.74) is 10.7. The molecule has 0 saturated heterocycles. The maximum Gasteiger partial charge on any atom is 0.212 e. The van der Waals surface area contributed by atoms with E-state index in [0.29, 0.717) is 12.5 Å². The average molecular weight is 288 g/mol. The van der Waals surface area contributed by atoms with E-state index in [1.807, 2.05) is 0 Å². The van der Waals surface area contributed by atoms with Crippen molar-refractivity contribution in [2.75, 3.05) is 13.1 Å². The number of halogens is 2. The molecule has 0 amide bonds. The Bertz CT molecular complexity index is 126. The van der Waals surface area contributed by atoms with Gasteiger partial charge in [0.2, 0.25) is 5.96 Å². The number of unbranched alkanes of at least 4 members (excludes halogenated alkanes) is 1. The lowest BCUT2D eigenvalue weighted by Gasteiger charge is -2.03. The lowest BCUT2D eigenvalue weighted by atomic mass is 10.3. The maximum absolute atomic E-state index is 5.45. The molecular formula is C5H12Br2N4. The SMILES string of the molecule is NCCCCN=C(N)N(Br)Br. The Morgan fingerprint density at radius 3 is 2.45 bits per heavy atom. The van der Waals surface area contributed by atoms with E-state index in [0.717, 1.165) is 19.4 Å². The molecule has 0 bridgehead atoms. The Labute approximate surface area is 83.7 Å². The zero-order valence-electron chi connectivity index (χ0n) is 6.13. The summed E-state index contributed by atoms with van der Waals surface area (Å²) in [5, 5.41) is 0. The van der Waals surface area contributed by atoms with Crippen LogP contribution in [0.2, 0.25) is 0 Å². The minimum Gasteiger partial charge on any atom is -0.368 e. The van der Waals surface area contributed by atoms with Crippen LogP contribution in [0.4, 0.5) is 0 Å². The summed E-state index contributed by atoms with van der Waals surface area (Å²) in [6.07, 6.45) is 1.96. The molecule has 0 aromatic heterocycles. The monoisotopic (exact) mass is 286 g/mol. The maximum atomic E-state index is 5.45. The lowest BCUT2D eigenvalue weighted by molar-refractivity contribution is 0.752. The third-order valence-electron chi connectivity index (χ3n) is 1.06. The van der Waals surface area contributed by atoms with Crippen molar-refractivity contribution in [1.29, 1.82) is 0 Å². The first-order chi connectivity index (χ1) is 5.18. The number of hydrogen-bond acceptors (Lipinski definition) is 2. The van der Waals surface area contributed by atoms with Gasteiger partial charge in [0.05, 0.1) is 32.3 Å². The molecule has 0 radical (unpaired) electrons. The van der Waals surface area contributed by atoms with Crippen molar-refractivity contribution >= 4 is 38.3 Å². The van der Waals surface area contributed by atoms with Crippen molar-refractivity contribution < 1.29 is 0 Å². The van der Waals surface area contributed by atoms with Crippen LogP contribution in [0.5, 0.6) is 0 Å². The summed E-state index contributed by atoms with van der Waals surface area (Å²) in [5.74, 6) is 0.419. The molecule has 66 valence electrons. The van der Waals surface area contributed by atoms with Crippen LogP contribution in [0.3, 0.4) is 0 Å². The molecule has 4 N–H and O–H groups in total. The second-order valence-corrected chi connectivity index (χ2v) is 4.34. The van der Waals surface area contributed by atoms with E-state index in [-0.39, 0.29) is 0 Å². The third-order valence-corrected chi connectivity index (χ3v) is 1.79. The van der Waals surface area contributed by atoms with E-state index in [1.165, 1.54) is 2.95 Å². The van der Waals surface area contributed by atoms with Crippen molar-refractivity contribution in [1.82, 2.24) is 2.95 Å².